The first-order valence-electron chi connectivity index (χ1n) is 8.96. The maximum atomic E-state index is 12.1. The fourth-order valence-corrected chi connectivity index (χ4v) is 3.30. The minimum atomic E-state index is -0.0615. The summed E-state index contributed by atoms with van der Waals surface area (Å²) < 4.78 is 0. The van der Waals surface area contributed by atoms with Crippen LogP contribution in [0.3, 0.4) is 0 Å². The number of anilines is 2. The number of halogens is 1. The molecule has 1 aliphatic rings. The molecule has 0 radical (unpaired) electrons. The zero-order chi connectivity index (χ0) is 17.5. The molecule has 5 heteroatoms. The van der Waals surface area contributed by atoms with Crippen molar-refractivity contribution < 1.29 is 4.79 Å². The van der Waals surface area contributed by atoms with E-state index in [0.29, 0.717) is 23.2 Å². The van der Waals surface area contributed by atoms with Gasteiger partial charge in [-0.05, 0) is 42.7 Å². The summed E-state index contributed by atoms with van der Waals surface area (Å²) in [6.45, 7) is 0. The molecular formula is C20H24ClN3O. The summed E-state index contributed by atoms with van der Waals surface area (Å²) in [7, 11) is 0. The first-order valence-corrected chi connectivity index (χ1v) is 9.34. The van der Waals surface area contributed by atoms with Crippen LogP contribution in [0.5, 0.6) is 0 Å². The van der Waals surface area contributed by atoms with Gasteiger partial charge < -0.3 is 10.6 Å². The van der Waals surface area contributed by atoms with Crippen LogP contribution in [0.15, 0.2) is 42.6 Å². The van der Waals surface area contributed by atoms with Gasteiger partial charge in [0.2, 0.25) is 5.91 Å². The van der Waals surface area contributed by atoms with Crippen LogP contribution in [0, 0.1) is 0 Å². The third-order valence-electron chi connectivity index (χ3n) is 4.53. The summed E-state index contributed by atoms with van der Waals surface area (Å²) >= 11 is 5.86. The third kappa shape index (κ3) is 5.75. The first kappa shape index (κ1) is 17.7. The van der Waals surface area contributed by atoms with E-state index in [4.69, 9.17) is 11.6 Å². The molecule has 1 saturated carbocycles. The van der Waals surface area contributed by atoms with Gasteiger partial charge in [-0.1, -0.05) is 49.4 Å². The molecule has 132 valence electrons. The Bertz CT molecular complexity index is 677. The average molecular weight is 358 g/mol. The van der Waals surface area contributed by atoms with Crippen molar-refractivity contribution in [3.05, 3.63) is 53.2 Å². The van der Waals surface area contributed by atoms with E-state index < -0.39 is 0 Å². The van der Waals surface area contributed by atoms with E-state index in [1.54, 1.807) is 18.3 Å². The summed E-state index contributed by atoms with van der Waals surface area (Å²) in [4.78, 5) is 16.6. The maximum Gasteiger partial charge on any atom is 0.228 e. The van der Waals surface area contributed by atoms with Gasteiger partial charge in [0.05, 0.1) is 18.3 Å². The highest BCUT2D eigenvalue weighted by atomic mass is 35.5. The number of nitrogens with zero attached hydrogens (tertiary/aromatic N) is 1. The quantitative estimate of drug-likeness (QED) is 0.736. The van der Waals surface area contributed by atoms with Crippen molar-refractivity contribution in [1.82, 2.24) is 4.98 Å². The standard InChI is InChI=1S/C20H24ClN3O/c21-16-9-7-15(8-10-16)13-20(25)24-18-11-12-19(22-14-18)23-17-5-3-1-2-4-6-17/h7-12,14,17H,1-6,13H2,(H,22,23)(H,24,25). The van der Waals surface area contributed by atoms with Crippen molar-refractivity contribution in [2.24, 2.45) is 0 Å². The number of amides is 1. The van der Waals surface area contributed by atoms with Gasteiger partial charge in [-0.3, -0.25) is 4.79 Å². The third-order valence-corrected chi connectivity index (χ3v) is 4.78. The molecule has 1 aliphatic carbocycles. The van der Waals surface area contributed by atoms with Crippen molar-refractivity contribution in [3.8, 4) is 0 Å². The highest BCUT2D eigenvalue weighted by Crippen LogP contribution is 2.21. The Morgan fingerprint density at radius 1 is 1.04 bits per heavy atom. The zero-order valence-electron chi connectivity index (χ0n) is 14.3. The van der Waals surface area contributed by atoms with Crippen LogP contribution in [0.4, 0.5) is 11.5 Å². The van der Waals surface area contributed by atoms with Crippen LogP contribution in [0.25, 0.3) is 0 Å². The highest BCUT2D eigenvalue weighted by Gasteiger charge is 2.12. The fourth-order valence-electron chi connectivity index (χ4n) is 3.18. The molecule has 25 heavy (non-hydrogen) atoms. The van der Waals surface area contributed by atoms with Crippen LogP contribution in [0.2, 0.25) is 5.02 Å². The molecule has 3 rings (SSSR count). The number of aromatic nitrogens is 1. The Hall–Kier alpha value is -2.07. The Morgan fingerprint density at radius 3 is 2.40 bits per heavy atom. The monoisotopic (exact) mass is 357 g/mol. The lowest BCUT2D eigenvalue weighted by Crippen LogP contribution is -2.19. The smallest absolute Gasteiger partial charge is 0.228 e. The molecule has 1 fully saturated rings. The largest absolute Gasteiger partial charge is 0.367 e. The van der Waals surface area contributed by atoms with Gasteiger partial charge in [-0.15, -0.1) is 0 Å². The topological polar surface area (TPSA) is 54.0 Å². The van der Waals surface area contributed by atoms with Gasteiger partial charge in [0.25, 0.3) is 0 Å². The summed E-state index contributed by atoms with van der Waals surface area (Å²) in [6, 6.07) is 11.6. The fraction of sp³-hybridized carbons (Fsp3) is 0.400. The predicted molar refractivity (Wildman–Crippen MR) is 103 cm³/mol. The van der Waals surface area contributed by atoms with Gasteiger partial charge >= 0.3 is 0 Å². The molecule has 1 aromatic heterocycles. The molecule has 0 aliphatic heterocycles. The van der Waals surface area contributed by atoms with Gasteiger partial charge in [0.1, 0.15) is 5.82 Å². The summed E-state index contributed by atoms with van der Waals surface area (Å²) in [5.41, 5.74) is 1.65. The molecule has 2 N–H and O–H groups in total. The zero-order valence-corrected chi connectivity index (χ0v) is 15.1. The lowest BCUT2D eigenvalue weighted by molar-refractivity contribution is -0.115. The number of carbonyl (C=O) groups excluding carboxylic acids is 1. The van der Waals surface area contributed by atoms with E-state index in [9.17, 15) is 4.79 Å². The predicted octanol–water partition coefficient (Wildman–Crippen LogP) is 5.05. The Labute approximate surface area is 154 Å². The molecule has 1 aromatic carbocycles. The number of pyridine rings is 1. The van der Waals surface area contributed by atoms with Crippen molar-refractivity contribution in [2.45, 2.75) is 51.0 Å². The highest BCUT2D eigenvalue weighted by molar-refractivity contribution is 6.30. The normalized spacial score (nSPS) is 15.4. The summed E-state index contributed by atoms with van der Waals surface area (Å²) in [6.07, 6.45) is 9.70. The van der Waals surface area contributed by atoms with Gasteiger partial charge in [0, 0.05) is 11.1 Å². The molecule has 0 unspecified atom stereocenters. The number of nitrogens with one attached hydrogen (secondary N) is 2. The van der Waals surface area contributed by atoms with Crippen molar-refractivity contribution in [3.63, 3.8) is 0 Å². The first-order chi connectivity index (χ1) is 12.2. The molecule has 0 spiro atoms. The number of hydrogen-bond donors (Lipinski definition) is 2. The Kier molecular flexibility index (Phi) is 6.29. The van der Waals surface area contributed by atoms with Crippen LogP contribution < -0.4 is 10.6 Å². The Morgan fingerprint density at radius 2 is 1.76 bits per heavy atom. The number of carbonyl (C=O) groups is 1. The average Bonchev–Trinajstić information content (AvgIpc) is 2.87. The van der Waals surface area contributed by atoms with Gasteiger partial charge in [-0.25, -0.2) is 4.98 Å². The molecule has 4 nitrogen and oxygen atoms in total. The second kappa shape index (κ2) is 8.86. The second-order valence-electron chi connectivity index (χ2n) is 6.62. The van der Waals surface area contributed by atoms with E-state index in [1.165, 1.54) is 38.5 Å². The lowest BCUT2D eigenvalue weighted by Gasteiger charge is -2.17. The number of rotatable bonds is 5. The second-order valence-corrected chi connectivity index (χ2v) is 7.05. The van der Waals surface area contributed by atoms with Crippen molar-refractivity contribution >= 4 is 29.0 Å². The maximum absolute atomic E-state index is 12.1. The number of hydrogen-bond acceptors (Lipinski definition) is 3. The van der Waals surface area contributed by atoms with Gasteiger partial charge in [0.15, 0.2) is 0 Å². The van der Waals surface area contributed by atoms with Crippen LogP contribution in [0.1, 0.15) is 44.1 Å². The molecule has 2 aromatic rings. The SMILES string of the molecule is O=C(Cc1ccc(Cl)cc1)Nc1ccc(NC2CCCCCC2)nc1. The van der Waals surface area contributed by atoms with Crippen molar-refractivity contribution in [2.75, 3.05) is 10.6 Å². The molecule has 0 atom stereocenters. The van der Waals surface area contributed by atoms with Gasteiger partial charge in [-0.2, -0.15) is 0 Å². The van der Waals surface area contributed by atoms with E-state index >= 15 is 0 Å². The van der Waals surface area contributed by atoms with Crippen LogP contribution >= 0.6 is 11.6 Å². The van der Waals surface area contributed by atoms with E-state index in [1.807, 2.05) is 24.3 Å². The minimum Gasteiger partial charge on any atom is -0.367 e. The van der Waals surface area contributed by atoms with Crippen LogP contribution in [-0.4, -0.2) is 16.9 Å². The number of benzene rings is 1. The van der Waals surface area contributed by atoms with E-state index in [-0.39, 0.29) is 5.91 Å². The van der Waals surface area contributed by atoms with Crippen LogP contribution in [-0.2, 0) is 11.2 Å². The minimum absolute atomic E-state index is 0.0615. The lowest BCUT2D eigenvalue weighted by atomic mass is 10.1. The molecule has 0 saturated heterocycles. The van der Waals surface area contributed by atoms with E-state index in [0.717, 1.165) is 11.4 Å². The summed E-state index contributed by atoms with van der Waals surface area (Å²) in [5.74, 6) is 0.816. The van der Waals surface area contributed by atoms with Crippen molar-refractivity contribution in [1.29, 1.82) is 0 Å². The molecule has 0 bridgehead atoms. The molecule has 1 heterocycles. The summed E-state index contributed by atoms with van der Waals surface area (Å²) in [5, 5.41) is 7.07. The van der Waals surface area contributed by atoms with E-state index in [2.05, 4.69) is 15.6 Å². The molecular weight excluding hydrogens is 334 g/mol. The molecule has 1 amide bonds. The Balaban J connectivity index is 1.51.